The van der Waals surface area contributed by atoms with Crippen molar-refractivity contribution in [2.75, 3.05) is 19.3 Å². The van der Waals surface area contributed by atoms with Gasteiger partial charge >= 0.3 is 0 Å². The van der Waals surface area contributed by atoms with E-state index in [0.717, 1.165) is 29.5 Å². The van der Waals surface area contributed by atoms with E-state index >= 15 is 0 Å². The van der Waals surface area contributed by atoms with E-state index in [1.165, 1.54) is 10.4 Å². The number of rotatable bonds is 7. The molecule has 0 saturated heterocycles. The van der Waals surface area contributed by atoms with E-state index in [0.29, 0.717) is 30.3 Å². The lowest BCUT2D eigenvalue weighted by Gasteiger charge is -2.23. The molecule has 1 amide bonds. The van der Waals surface area contributed by atoms with Gasteiger partial charge in [0.25, 0.3) is 5.56 Å². The zero-order valence-corrected chi connectivity index (χ0v) is 17.5. The number of aromatic amines is 1. The number of carbonyl (C=O) groups is 1. The summed E-state index contributed by atoms with van der Waals surface area (Å²) in [6, 6.07) is 0.0544. The van der Waals surface area contributed by atoms with E-state index in [-0.39, 0.29) is 29.9 Å². The Morgan fingerprint density at radius 1 is 1.46 bits per heavy atom. The molecule has 26 heavy (non-hydrogen) atoms. The molecule has 0 radical (unpaired) electrons. The number of aromatic nitrogens is 2. The van der Waals surface area contributed by atoms with Gasteiger partial charge in [0, 0.05) is 36.7 Å². The van der Waals surface area contributed by atoms with E-state index in [4.69, 9.17) is 5.73 Å². The highest BCUT2D eigenvalue weighted by Gasteiger charge is 2.21. The van der Waals surface area contributed by atoms with Crippen LogP contribution in [0, 0.1) is 0 Å². The number of halogens is 1. The maximum Gasteiger partial charge on any atom is 0.259 e. The zero-order valence-electron chi connectivity index (χ0n) is 15.0. The summed E-state index contributed by atoms with van der Waals surface area (Å²) in [6.45, 7) is 2.40. The topological polar surface area (TPSA) is 92.1 Å². The average molecular weight is 417 g/mol. The highest BCUT2D eigenvalue weighted by molar-refractivity contribution is 7.98. The van der Waals surface area contributed by atoms with Gasteiger partial charge in [-0.15, -0.1) is 23.7 Å². The molecular formula is C17H25ClN4O2S2. The fourth-order valence-corrected chi connectivity index (χ4v) is 5.10. The van der Waals surface area contributed by atoms with E-state index in [1.807, 2.05) is 6.92 Å². The van der Waals surface area contributed by atoms with Crippen LogP contribution in [0.2, 0.25) is 0 Å². The fraction of sp³-hybridized carbons (Fsp3) is 0.588. The van der Waals surface area contributed by atoms with Crippen LogP contribution < -0.4 is 11.3 Å². The van der Waals surface area contributed by atoms with Gasteiger partial charge in [-0.2, -0.15) is 11.8 Å². The van der Waals surface area contributed by atoms with Crippen molar-refractivity contribution >= 4 is 51.6 Å². The minimum absolute atomic E-state index is 0. The summed E-state index contributed by atoms with van der Waals surface area (Å²) >= 11 is 3.27. The summed E-state index contributed by atoms with van der Waals surface area (Å²) in [4.78, 5) is 35.8. The van der Waals surface area contributed by atoms with Crippen molar-refractivity contribution in [2.45, 2.75) is 44.4 Å². The van der Waals surface area contributed by atoms with Crippen LogP contribution in [0.15, 0.2) is 4.79 Å². The quantitative estimate of drug-likeness (QED) is 0.676. The number of thiophene rings is 1. The van der Waals surface area contributed by atoms with Crippen molar-refractivity contribution in [3.8, 4) is 0 Å². The van der Waals surface area contributed by atoms with Crippen molar-refractivity contribution in [3.63, 3.8) is 0 Å². The van der Waals surface area contributed by atoms with Crippen molar-refractivity contribution < 1.29 is 4.79 Å². The molecule has 0 aromatic carbocycles. The van der Waals surface area contributed by atoms with Gasteiger partial charge in [-0.3, -0.25) is 9.59 Å². The second-order valence-electron chi connectivity index (χ2n) is 6.44. The lowest BCUT2D eigenvalue weighted by Crippen LogP contribution is -2.39. The third-order valence-corrected chi connectivity index (χ3v) is 6.87. The normalized spacial score (nSPS) is 14.1. The highest BCUT2D eigenvalue weighted by Crippen LogP contribution is 2.34. The number of thioether (sulfide) groups is 1. The predicted octanol–water partition coefficient (Wildman–Crippen LogP) is 2.32. The number of fused-ring (bicyclic) bond motifs is 3. The number of aryl methyl sites for hydroxylation is 2. The molecule has 1 aliphatic rings. The number of nitrogens with one attached hydrogen (secondary N) is 1. The molecule has 2 aromatic rings. The molecule has 0 saturated carbocycles. The summed E-state index contributed by atoms with van der Waals surface area (Å²) in [5, 5.41) is 0.791. The van der Waals surface area contributed by atoms with Gasteiger partial charge in [-0.05, 0) is 31.7 Å². The Bertz CT molecular complexity index is 836. The summed E-state index contributed by atoms with van der Waals surface area (Å²) in [5.41, 5.74) is 6.77. The molecule has 0 spiro atoms. The van der Waals surface area contributed by atoms with Crippen LogP contribution in [0.5, 0.6) is 0 Å². The van der Waals surface area contributed by atoms with E-state index < -0.39 is 0 Å². The summed E-state index contributed by atoms with van der Waals surface area (Å²) in [7, 11) is 1.79. The number of nitrogens with two attached hydrogens (primary N) is 1. The number of nitrogens with zero attached hydrogens (tertiary/aromatic N) is 2. The third kappa shape index (κ3) is 4.42. The molecule has 2 heterocycles. The van der Waals surface area contributed by atoms with Crippen LogP contribution in [0.1, 0.15) is 36.0 Å². The SMILES string of the molecule is CC(CN)N(C)C(=O)CCSCc1nc2sc3c(c2c(=O)[nH]1)CCC3.Cl. The maximum absolute atomic E-state index is 12.4. The van der Waals surface area contributed by atoms with Gasteiger partial charge < -0.3 is 15.6 Å². The molecule has 0 bridgehead atoms. The van der Waals surface area contributed by atoms with E-state index in [9.17, 15) is 9.59 Å². The smallest absolute Gasteiger partial charge is 0.259 e. The molecule has 1 unspecified atom stereocenters. The van der Waals surface area contributed by atoms with Gasteiger partial charge in [-0.25, -0.2) is 4.98 Å². The number of H-pyrrole nitrogens is 1. The molecule has 3 rings (SSSR count). The monoisotopic (exact) mass is 416 g/mol. The second-order valence-corrected chi connectivity index (χ2v) is 8.63. The van der Waals surface area contributed by atoms with Crippen LogP contribution in [-0.4, -0.2) is 46.2 Å². The number of hydrogen-bond donors (Lipinski definition) is 2. The number of amides is 1. The molecule has 144 valence electrons. The molecule has 6 nitrogen and oxygen atoms in total. The van der Waals surface area contributed by atoms with Crippen LogP contribution in [0.3, 0.4) is 0 Å². The van der Waals surface area contributed by atoms with Crippen molar-refractivity contribution in [1.29, 1.82) is 0 Å². The Kier molecular flexibility index (Phi) is 7.52. The van der Waals surface area contributed by atoms with Crippen molar-refractivity contribution in [3.05, 3.63) is 26.6 Å². The molecule has 2 aromatic heterocycles. The third-order valence-electron chi connectivity index (χ3n) is 4.72. The van der Waals surface area contributed by atoms with Crippen molar-refractivity contribution in [2.24, 2.45) is 5.73 Å². The first-order valence-electron chi connectivity index (χ1n) is 8.58. The van der Waals surface area contributed by atoms with Gasteiger partial charge in [0.05, 0.1) is 11.1 Å². The summed E-state index contributed by atoms with van der Waals surface area (Å²) < 4.78 is 0. The number of hydrogen-bond acceptors (Lipinski definition) is 6. The van der Waals surface area contributed by atoms with Crippen LogP contribution >= 0.6 is 35.5 Å². The first-order valence-corrected chi connectivity index (χ1v) is 10.5. The maximum atomic E-state index is 12.4. The minimum atomic E-state index is -0.0208. The van der Waals surface area contributed by atoms with Gasteiger partial charge in [0.2, 0.25) is 5.91 Å². The van der Waals surface area contributed by atoms with Crippen LogP contribution in [0.25, 0.3) is 10.2 Å². The van der Waals surface area contributed by atoms with Gasteiger partial charge in [-0.1, -0.05) is 0 Å². The molecule has 9 heteroatoms. The Hall–Kier alpha value is -1.09. The summed E-state index contributed by atoms with van der Waals surface area (Å²) in [5.74, 6) is 2.09. The highest BCUT2D eigenvalue weighted by atomic mass is 35.5. The zero-order chi connectivity index (χ0) is 18.0. The average Bonchev–Trinajstić information content (AvgIpc) is 3.17. The predicted molar refractivity (Wildman–Crippen MR) is 112 cm³/mol. The first kappa shape index (κ1) is 21.2. The Morgan fingerprint density at radius 3 is 2.96 bits per heavy atom. The molecule has 3 N–H and O–H groups in total. The van der Waals surface area contributed by atoms with Crippen molar-refractivity contribution in [1.82, 2.24) is 14.9 Å². The van der Waals surface area contributed by atoms with Crippen LogP contribution in [0.4, 0.5) is 0 Å². The van der Waals surface area contributed by atoms with Gasteiger partial charge in [0.15, 0.2) is 0 Å². The molecule has 1 aliphatic carbocycles. The second kappa shape index (κ2) is 9.21. The lowest BCUT2D eigenvalue weighted by atomic mass is 10.2. The fourth-order valence-electron chi connectivity index (χ4n) is 3.02. The Balaban J connectivity index is 0.00000243. The summed E-state index contributed by atoms with van der Waals surface area (Å²) in [6.07, 6.45) is 3.66. The molecule has 1 atom stereocenters. The van der Waals surface area contributed by atoms with E-state index in [1.54, 1.807) is 35.0 Å². The van der Waals surface area contributed by atoms with E-state index in [2.05, 4.69) is 9.97 Å². The largest absolute Gasteiger partial charge is 0.342 e. The Morgan fingerprint density at radius 2 is 2.23 bits per heavy atom. The van der Waals surface area contributed by atoms with Gasteiger partial charge in [0.1, 0.15) is 10.7 Å². The Labute approximate surface area is 167 Å². The van der Waals surface area contributed by atoms with Crippen LogP contribution in [-0.2, 0) is 23.4 Å². The molecule has 0 aliphatic heterocycles. The minimum Gasteiger partial charge on any atom is -0.342 e. The number of likely N-dealkylation sites (N-methyl/N-ethyl adjacent to an activating group) is 1. The standard InChI is InChI=1S/C17H24N4O2S2.ClH/c1-10(8-18)21(2)14(22)6-7-24-9-13-19-16(23)15-11-4-3-5-12(11)25-17(15)20-13;/h10H,3-9,18H2,1-2H3,(H,19,20,23);1H. The lowest BCUT2D eigenvalue weighted by molar-refractivity contribution is -0.131. The first-order chi connectivity index (χ1) is 12.0. The molecule has 0 fully saturated rings. The number of carbonyl (C=O) groups excluding carboxylic acids is 1. The molecular weight excluding hydrogens is 392 g/mol.